The van der Waals surface area contributed by atoms with Crippen molar-refractivity contribution in [3.8, 4) is 0 Å². The van der Waals surface area contributed by atoms with E-state index < -0.39 is 23.5 Å². The molecule has 0 bridgehead atoms. The molecular weight excluding hydrogens is 412 g/mol. The van der Waals surface area contributed by atoms with Gasteiger partial charge in [-0.2, -0.15) is 0 Å². The summed E-state index contributed by atoms with van der Waals surface area (Å²) in [5, 5.41) is 9.92. The van der Waals surface area contributed by atoms with Crippen molar-refractivity contribution in [3.63, 3.8) is 0 Å². The summed E-state index contributed by atoms with van der Waals surface area (Å²) < 4.78 is 16.0. The summed E-state index contributed by atoms with van der Waals surface area (Å²) in [5.74, 6) is -0.0809. The minimum atomic E-state index is -1.40. The molecular formula is C25H36O7. The van der Waals surface area contributed by atoms with Gasteiger partial charge in [0.15, 0.2) is 5.41 Å². The predicted molar refractivity (Wildman–Crippen MR) is 117 cm³/mol. The molecule has 3 rings (SSSR count). The zero-order chi connectivity index (χ0) is 23.6. The fraction of sp³-hybridized carbons (Fsp3) is 0.720. The van der Waals surface area contributed by atoms with Gasteiger partial charge in [-0.05, 0) is 68.9 Å². The molecule has 1 fully saturated rings. The van der Waals surface area contributed by atoms with Gasteiger partial charge in [0.2, 0.25) is 0 Å². The van der Waals surface area contributed by atoms with E-state index >= 15 is 0 Å². The second kappa shape index (κ2) is 9.77. The zero-order valence-electron chi connectivity index (χ0n) is 19.8. The van der Waals surface area contributed by atoms with Gasteiger partial charge in [0, 0.05) is 12.3 Å². The van der Waals surface area contributed by atoms with Gasteiger partial charge in [-0.1, -0.05) is 19.9 Å². The van der Waals surface area contributed by atoms with E-state index in [0.717, 1.165) is 19.3 Å². The minimum Gasteiger partial charge on any atom is -0.468 e. The van der Waals surface area contributed by atoms with Gasteiger partial charge in [-0.15, -0.1) is 0 Å². The Morgan fingerprint density at radius 3 is 2.56 bits per heavy atom. The molecule has 0 amide bonds. The maximum absolute atomic E-state index is 12.8. The topological polar surface area (TPSA) is 99.1 Å². The molecule has 1 N–H and O–H groups in total. The molecule has 1 aliphatic heterocycles. The van der Waals surface area contributed by atoms with E-state index in [4.69, 9.17) is 14.2 Å². The zero-order valence-corrected chi connectivity index (χ0v) is 19.8. The SMILES string of the molecule is COC(=O)C(C)(C)C(=O)OC1=CC2=C[C@H](C)CC[C@@H]2[C@H](CC[C@@H]2C[C@@H](O)CC(=O)O2)[C@@H]1C. The van der Waals surface area contributed by atoms with Crippen LogP contribution < -0.4 is 0 Å². The van der Waals surface area contributed by atoms with Crippen LogP contribution in [-0.4, -0.2) is 42.3 Å². The second-order valence-corrected chi connectivity index (χ2v) is 10.1. The lowest BCUT2D eigenvalue weighted by Gasteiger charge is -2.41. The highest BCUT2D eigenvalue weighted by Gasteiger charge is 2.43. The van der Waals surface area contributed by atoms with E-state index in [2.05, 4.69) is 13.0 Å². The first kappa shape index (κ1) is 24.5. The molecule has 178 valence electrons. The molecule has 7 heteroatoms. The first-order valence-corrected chi connectivity index (χ1v) is 11.6. The number of hydrogen-bond acceptors (Lipinski definition) is 7. The van der Waals surface area contributed by atoms with Crippen LogP contribution in [0.25, 0.3) is 0 Å². The Bertz CT molecular complexity index is 809. The van der Waals surface area contributed by atoms with E-state index in [1.165, 1.54) is 26.5 Å². The van der Waals surface area contributed by atoms with Crippen LogP contribution in [0.4, 0.5) is 0 Å². The maximum atomic E-state index is 12.8. The van der Waals surface area contributed by atoms with Gasteiger partial charge in [0.05, 0.1) is 19.6 Å². The first-order valence-electron chi connectivity index (χ1n) is 11.6. The summed E-state index contributed by atoms with van der Waals surface area (Å²) in [5.41, 5.74) is -0.228. The number of cyclic esters (lactones) is 1. The van der Waals surface area contributed by atoms with Crippen molar-refractivity contribution >= 4 is 17.9 Å². The number of ether oxygens (including phenoxy) is 3. The third-order valence-electron chi connectivity index (χ3n) is 7.23. The number of esters is 3. The summed E-state index contributed by atoms with van der Waals surface area (Å²) >= 11 is 0. The number of allylic oxidation sites excluding steroid dienone is 4. The Kier molecular flexibility index (Phi) is 7.48. The summed E-state index contributed by atoms with van der Waals surface area (Å²) in [4.78, 5) is 36.6. The van der Waals surface area contributed by atoms with Gasteiger partial charge in [0.1, 0.15) is 11.9 Å². The average Bonchev–Trinajstić information content (AvgIpc) is 2.72. The molecule has 0 aromatic heterocycles. The fourth-order valence-corrected chi connectivity index (χ4v) is 5.18. The number of carbonyl (C=O) groups is 3. The molecule has 7 nitrogen and oxygen atoms in total. The largest absolute Gasteiger partial charge is 0.468 e. The van der Waals surface area contributed by atoms with Crippen molar-refractivity contribution < 1.29 is 33.7 Å². The lowest BCUT2D eigenvalue weighted by atomic mass is 9.66. The minimum absolute atomic E-state index is 0.0350. The second-order valence-electron chi connectivity index (χ2n) is 10.1. The molecule has 0 unspecified atom stereocenters. The van der Waals surface area contributed by atoms with Gasteiger partial charge in [-0.3, -0.25) is 14.4 Å². The smallest absolute Gasteiger partial charge is 0.327 e. The van der Waals surface area contributed by atoms with Crippen molar-refractivity contribution in [1.82, 2.24) is 0 Å². The summed E-state index contributed by atoms with van der Waals surface area (Å²) in [6, 6.07) is 0. The fourth-order valence-electron chi connectivity index (χ4n) is 5.18. The number of hydrogen-bond donors (Lipinski definition) is 1. The Labute approximate surface area is 190 Å². The molecule has 1 heterocycles. The predicted octanol–water partition coefficient (Wildman–Crippen LogP) is 3.70. The lowest BCUT2D eigenvalue weighted by molar-refractivity contribution is -0.166. The van der Waals surface area contributed by atoms with E-state index in [1.54, 1.807) is 0 Å². The van der Waals surface area contributed by atoms with E-state index in [9.17, 15) is 19.5 Å². The summed E-state index contributed by atoms with van der Waals surface area (Å²) in [6.07, 6.45) is 7.41. The van der Waals surface area contributed by atoms with Gasteiger partial charge in [0.25, 0.3) is 0 Å². The van der Waals surface area contributed by atoms with E-state index in [0.29, 0.717) is 30.4 Å². The van der Waals surface area contributed by atoms with Crippen LogP contribution in [0.1, 0.15) is 66.2 Å². The highest BCUT2D eigenvalue weighted by atomic mass is 16.6. The third-order valence-corrected chi connectivity index (χ3v) is 7.23. The average molecular weight is 449 g/mol. The van der Waals surface area contributed by atoms with Crippen LogP contribution in [0, 0.1) is 29.1 Å². The molecule has 0 saturated carbocycles. The molecule has 32 heavy (non-hydrogen) atoms. The molecule has 1 saturated heterocycles. The van der Waals surface area contributed by atoms with E-state index in [-0.39, 0.29) is 30.3 Å². The maximum Gasteiger partial charge on any atom is 0.327 e. The molecule has 0 radical (unpaired) electrons. The Hall–Kier alpha value is -2.15. The number of aliphatic hydroxyl groups excluding tert-OH is 1. The van der Waals surface area contributed by atoms with Crippen LogP contribution in [0.2, 0.25) is 0 Å². The van der Waals surface area contributed by atoms with Gasteiger partial charge >= 0.3 is 17.9 Å². The number of carbonyl (C=O) groups excluding carboxylic acids is 3. The summed E-state index contributed by atoms with van der Waals surface area (Å²) in [6.45, 7) is 7.23. The normalized spacial score (nSPS) is 32.8. The van der Waals surface area contributed by atoms with Crippen LogP contribution in [0.15, 0.2) is 23.5 Å². The first-order chi connectivity index (χ1) is 15.0. The quantitative estimate of drug-likeness (QED) is 0.376. The van der Waals surface area contributed by atoms with E-state index in [1.807, 2.05) is 13.0 Å². The van der Waals surface area contributed by atoms with Crippen LogP contribution in [0.5, 0.6) is 0 Å². The highest BCUT2D eigenvalue weighted by Crippen LogP contribution is 2.47. The number of fused-ring (bicyclic) bond motifs is 1. The van der Waals surface area contributed by atoms with Gasteiger partial charge < -0.3 is 19.3 Å². The number of aliphatic hydroxyl groups is 1. The van der Waals surface area contributed by atoms with Crippen molar-refractivity contribution in [2.24, 2.45) is 29.1 Å². The van der Waals surface area contributed by atoms with Crippen molar-refractivity contribution in [2.75, 3.05) is 7.11 Å². The van der Waals surface area contributed by atoms with Crippen LogP contribution in [-0.2, 0) is 28.6 Å². The highest BCUT2D eigenvalue weighted by molar-refractivity contribution is 5.99. The lowest BCUT2D eigenvalue weighted by Crippen LogP contribution is -2.39. The van der Waals surface area contributed by atoms with Gasteiger partial charge in [-0.25, -0.2) is 0 Å². The van der Waals surface area contributed by atoms with Crippen molar-refractivity contribution in [3.05, 3.63) is 23.5 Å². The molecule has 6 atom stereocenters. The Balaban J connectivity index is 1.78. The Morgan fingerprint density at radius 2 is 1.91 bits per heavy atom. The number of methoxy groups -OCH3 is 1. The Morgan fingerprint density at radius 1 is 1.19 bits per heavy atom. The molecule has 0 aromatic carbocycles. The molecule has 2 aliphatic carbocycles. The molecule has 3 aliphatic rings. The van der Waals surface area contributed by atoms with Crippen LogP contribution >= 0.6 is 0 Å². The third kappa shape index (κ3) is 5.25. The van der Waals surface area contributed by atoms with Crippen LogP contribution in [0.3, 0.4) is 0 Å². The monoisotopic (exact) mass is 448 g/mol. The summed E-state index contributed by atoms with van der Waals surface area (Å²) in [7, 11) is 1.25. The van der Waals surface area contributed by atoms with Crippen molar-refractivity contribution in [1.29, 1.82) is 0 Å². The molecule has 0 aromatic rings. The standard InChI is InChI=1S/C25H36O7/c1-14-6-8-20-16(10-14)11-21(32-24(29)25(3,4)23(28)30-5)15(2)19(20)9-7-18-12-17(26)13-22(27)31-18/h10-11,14-15,17-20,26H,6-9,12-13H2,1-5H3/t14-,15+,17-,18-,19-,20+/m1/s1. The van der Waals surface area contributed by atoms with Crippen molar-refractivity contribution in [2.45, 2.75) is 78.4 Å². The molecule has 0 spiro atoms. The number of rotatable bonds is 6.